The SMILES string of the molecule is O=C(O)CCCOc1ccc(-c2cccc(C=Cc3ncc(-c4ccc(Cl)cc4Cl)[nH]3)c2)cc1. The van der Waals surface area contributed by atoms with Crippen LogP contribution in [0.25, 0.3) is 34.5 Å². The molecule has 0 amide bonds. The summed E-state index contributed by atoms with van der Waals surface area (Å²) >= 11 is 12.3. The zero-order chi connectivity index (χ0) is 23.9. The summed E-state index contributed by atoms with van der Waals surface area (Å²) in [5.74, 6) is 0.627. The van der Waals surface area contributed by atoms with Crippen molar-refractivity contribution in [2.24, 2.45) is 0 Å². The maximum absolute atomic E-state index is 10.6. The van der Waals surface area contributed by atoms with Crippen LogP contribution in [0.2, 0.25) is 10.0 Å². The van der Waals surface area contributed by atoms with E-state index in [-0.39, 0.29) is 6.42 Å². The number of aromatic nitrogens is 2. The predicted molar refractivity (Wildman–Crippen MR) is 137 cm³/mol. The van der Waals surface area contributed by atoms with Crippen molar-refractivity contribution < 1.29 is 14.6 Å². The van der Waals surface area contributed by atoms with E-state index in [4.69, 9.17) is 33.0 Å². The van der Waals surface area contributed by atoms with Crippen molar-refractivity contribution in [2.75, 3.05) is 6.61 Å². The zero-order valence-electron chi connectivity index (χ0n) is 18.2. The van der Waals surface area contributed by atoms with Crippen LogP contribution in [-0.2, 0) is 4.79 Å². The van der Waals surface area contributed by atoms with Crippen molar-refractivity contribution in [1.82, 2.24) is 9.97 Å². The van der Waals surface area contributed by atoms with Gasteiger partial charge in [0.05, 0.1) is 23.5 Å². The minimum atomic E-state index is -0.814. The summed E-state index contributed by atoms with van der Waals surface area (Å²) in [4.78, 5) is 18.3. The summed E-state index contributed by atoms with van der Waals surface area (Å²) in [6.07, 6.45) is 6.24. The number of carboxylic acid groups (broad SMARTS) is 1. The summed E-state index contributed by atoms with van der Waals surface area (Å²) < 4.78 is 5.61. The van der Waals surface area contributed by atoms with Crippen LogP contribution in [0.5, 0.6) is 5.75 Å². The lowest BCUT2D eigenvalue weighted by Crippen LogP contribution is -2.01. The average Bonchev–Trinajstić information content (AvgIpc) is 3.30. The number of halogens is 2. The minimum absolute atomic E-state index is 0.104. The molecule has 0 bridgehead atoms. The summed E-state index contributed by atoms with van der Waals surface area (Å²) in [5.41, 5.74) is 4.84. The first-order chi connectivity index (χ1) is 16.5. The molecule has 172 valence electrons. The number of aliphatic carboxylic acids is 1. The van der Waals surface area contributed by atoms with Gasteiger partial charge in [-0.25, -0.2) is 4.98 Å². The van der Waals surface area contributed by atoms with Gasteiger partial charge in [-0.3, -0.25) is 4.79 Å². The Labute approximate surface area is 207 Å². The third kappa shape index (κ3) is 6.28. The summed E-state index contributed by atoms with van der Waals surface area (Å²) in [5, 5.41) is 9.85. The monoisotopic (exact) mass is 492 g/mol. The number of H-pyrrole nitrogens is 1. The van der Waals surface area contributed by atoms with Gasteiger partial charge in [0.15, 0.2) is 0 Å². The zero-order valence-corrected chi connectivity index (χ0v) is 19.7. The Hall–Kier alpha value is -3.54. The first kappa shape index (κ1) is 23.6. The molecule has 0 saturated carbocycles. The van der Waals surface area contributed by atoms with E-state index in [1.807, 2.05) is 60.7 Å². The topological polar surface area (TPSA) is 75.2 Å². The summed E-state index contributed by atoms with van der Waals surface area (Å²) in [7, 11) is 0. The molecule has 4 aromatic rings. The molecule has 1 heterocycles. The number of carboxylic acids is 1. The number of hydrogen-bond acceptors (Lipinski definition) is 3. The first-order valence-corrected chi connectivity index (χ1v) is 11.5. The van der Waals surface area contributed by atoms with E-state index in [1.54, 1.807) is 18.3 Å². The quantitative estimate of drug-likeness (QED) is 0.237. The van der Waals surface area contributed by atoms with Gasteiger partial charge in [0.2, 0.25) is 0 Å². The van der Waals surface area contributed by atoms with E-state index in [1.165, 1.54) is 0 Å². The van der Waals surface area contributed by atoms with Crippen molar-refractivity contribution in [3.63, 3.8) is 0 Å². The van der Waals surface area contributed by atoms with Crippen molar-refractivity contribution in [1.29, 1.82) is 0 Å². The standard InChI is InChI=1S/C27H22Cl2N2O3/c28-21-9-12-23(24(29)16-21)25-17-30-26(31-25)13-6-18-3-1-4-20(15-18)19-7-10-22(11-8-19)34-14-2-5-27(32)33/h1,3-4,6-13,15-17H,2,5,14H2,(H,30,31)(H,32,33). The average molecular weight is 493 g/mol. The van der Waals surface area contributed by atoms with Crippen molar-refractivity contribution in [3.05, 3.63) is 94.4 Å². The smallest absolute Gasteiger partial charge is 0.303 e. The Balaban J connectivity index is 1.42. The van der Waals surface area contributed by atoms with E-state index in [9.17, 15) is 4.79 Å². The second kappa shape index (κ2) is 11.1. The first-order valence-electron chi connectivity index (χ1n) is 10.7. The highest BCUT2D eigenvalue weighted by Crippen LogP contribution is 2.29. The maximum Gasteiger partial charge on any atom is 0.303 e. The fraction of sp³-hybridized carbons (Fsp3) is 0.111. The maximum atomic E-state index is 10.6. The molecule has 0 unspecified atom stereocenters. The molecule has 2 N–H and O–H groups in total. The Morgan fingerprint density at radius 2 is 1.82 bits per heavy atom. The molecule has 1 aromatic heterocycles. The van der Waals surface area contributed by atoms with Gasteiger partial charge in [-0.05, 0) is 65.6 Å². The molecule has 34 heavy (non-hydrogen) atoms. The number of ether oxygens (including phenoxy) is 1. The van der Waals surface area contributed by atoms with E-state index in [0.29, 0.717) is 23.1 Å². The highest BCUT2D eigenvalue weighted by molar-refractivity contribution is 6.36. The fourth-order valence-electron chi connectivity index (χ4n) is 3.42. The van der Waals surface area contributed by atoms with Gasteiger partial charge >= 0.3 is 5.97 Å². The highest BCUT2D eigenvalue weighted by atomic mass is 35.5. The van der Waals surface area contributed by atoms with Crippen LogP contribution in [0, 0.1) is 0 Å². The number of nitrogens with zero attached hydrogens (tertiary/aromatic N) is 1. The number of benzene rings is 3. The molecule has 0 aliphatic carbocycles. The van der Waals surface area contributed by atoms with E-state index < -0.39 is 5.97 Å². The number of imidazole rings is 1. The number of hydrogen-bond donors (Lipinski definition) is 2. The van der Waals surface area contributed by atoms with Crippen molar-refractivity contribution in [2.45, 2.75) is 12.8 Å². The van der Waals surface area contributed by atoms with Gasteiger partial charge in [-0.1, -0.05) is 59.6 Å². The van der Waals surface area contributed by atoms with Crippen LogP contribution in [0.3, 0.4) is 0 Å². The van der Waals surface area contributed by atoms with Gasteiger partial charge in [0, 0.05) is 17.0 Å². The van der Waals surface area contributed by atoms with Crippen LogP contribution >= 0.6 is 23.2 Å². The van der Waals surface area contributed by atoms with Crippen molar-refractivity contribution in [3.8, 4) is 28.1 Å². The molecule has 3 aromatic carbocycles. The normalized spacial score (nSPS) is 11.1. The van der Waals surface area contributed by atoms with E-state index in [2.05, 4.69) is 16.0 Å². The van der Waals surface area contributed by atoms with Gasteiger partial charge in [-0.2, -0.15) is 0 Å². The molecule has 0 aliphatic rings. The highest BCUT2D eigenvalue weighted by Gasteiger charge is 2.07. The molecule has 0 fully saturated rings. The minimum Gasteiger partial charge on any atom is -0.494 e. The summed E-state index contributed by atoms with van der Waals surface area (Å²) in [6, 6.07) is 21.3. The molecule has 0 spiro atoms. The van der Waals surface area contributed by atoms with Crippen LogP contribution in [0.1, 0.15) is 24.2 Å². The molecule has 0 radical (unpaired) electrons. The molecule has 5 nitrogen and oxygen atoms in total. The number of aromatic amines is 1. The van der Waals surface area contributed by atoms with Gasteiger partial charge in [0.1, 0.15) is 11.6 Å². The Bertz CT molecular complexity index is 1310. The lowest BCUT2D eigenvalue weighted by atomic mass is 10.0. The predicted octanol–water partition coefficient (Wildman–Crippen LogP) is 7.46. The van der Waals surface area contributed by atoms with Gasteiger partial charge < -0.3 is 14.8 Å². The molecule has 0 atom stereocenters. The molecule has 0 aliphatic heterocycles. The second-order valence-electron chi connectivity index (χ2n) is 7.64. The van der Waals surface area contributed by atoms with Crippen LogP contribution in [0.4, 0.5) is 0 Å². The second-order valence-corrected chi connectivity index (χ2v) is 8.48. The molecule has 7 heteroatoms. The van der Waals surface area contributed by atoms with Crippen LogP contribution in [-0.4, -0.2) is 27.7 Å². The Morgan fingerprint density at radius 1 is 1.00 bits per heavy atom. The fourth-order valence-corrected chi connectivity index (χ4v) is 3.93. The van der Waals surface area contributed by atoms with Crippen LogP contribution < -0.4 is 4.74 Å². The van der Waals surface area contributed by atoms with E-state index in [0.717, 1.165) is 39.5 Å². The number of rotatable bonds is 9. The summed E-state index contributed by atoms with van der Waals surface area (Å²) in [6.45, 7) is 0.380. The number of carbonyl (C=O) groups is 1. The van der Waals surface area contributed by atoms with Crippen LogP contribution in [0.15, 0.2) is 72.9 Å². The van der Waals surface area contributed by atoms with Crippen molar-refractivity contribution >= 4 is 41.3 Å². The lowest BCUT2D eigenvalue weighted by Gasteiger charge is -2.07. The molecule has 0 saturated heterocycles. The largest absolute Gasteiger partial charge is 0.494 e. The van der Waals surface area contributed by atoms with E-state index >= 15 is 0 Å². The molecular formula is C27H22Cl2N2O3. The number of nitrogens with one attached hydrogen (secondary N) is 1. The molecular weight excluding hydrogens is 471 g/mol. The molecule has 4 rings (SSSR count). The lowest BCUT2D eigenvalue weighted by molar-refractivity contribution is -0.137. The Morgan fingerprint density at radius 3 is 2.59 bits per heavy atom. The Kier molecular flexibility index (Phi) is 7.68. The van der Waals surface area contributed by atoms with Gasteiger partial charge in [-0.15, -0.1) is 0 Å². The third-order valence-corrected chi connectivity index (χ3v) is 5.68. The third-order valence-electron chi connectivity index (χ3n) is 5.13. The van der Waals surface area contributed by atoms with Gasteiger partial charge in [0.25, 0.3) is 0 Å².